The monoisotopic (exact) mass is 307 g/mol. The molecule has 0 aliphatic carbocycles. The number of sulfonamides is 1. The van der Waals surface area contributed by atoms with Crippen LogP contribution in [0.2, 0.25) is 0 Å². The average molecular weight is 307 g/mol. The zero-order valence-corrected chi connectivity index (χ0v) is 12.7. The Morgan fingerprint density at radius 3 is 2.38 bits per heavy atom. The summed E-state index contributed by atoms with van der Waals surface area (Å²) < 4.78 is 37.4. The number of para-hydroxylation sites is 2. The summed E-state index contributed by atoms with van der Waals surface area (Å²) in [5.41, 5.74) is 1.37. The molecule has 0 saturated heterocycles. The second kappa shape index (κ2) is 6.60. The third-order valence-corrected chi connectivity index (χ3v) is 4.18. The molecule has 112 valence electrons. The maximum atomic E-state index is 12.3. The van der Waals surface area contributed by atoms with Crippen LogP contribution in [0.1, 0.15) is 5.56 Å². The highest BCUT2D eigenvalue weighted by atomic mass is 32.2. The van der Waals surface area contributed by atoms with E-state index in [4.69, 9.17) is 9.47 Å². The maximum absolute atomic E-state index is 12.3. The van der Waals surface area contributed by atoms with Crippen LogP contribution < -0.4 is 9.46 Å². The van der Waals surface area contributed by atoms with Gasteiger partial charge in [-0.25, -0.2) is 8.42 Å². The highest BCUT2D eigenvalue weighted by Gasteiger charge is 2.16. The van der Waals surface area contributed by atoms with Gasteiger partial charge in [0.15, 0.2) is 6.79 Å². The van der Waals surface area contributed by atoms with Crippen molar-refractivity contribution in [3.05, 3.63) is 54.1 Å². The molecule has 0 saturated carbocycles. The van der Waals surface area contributed by atoms with Crippen LogP contribution in [0, 0.1) is 6.92 Å². The fourth-order valence-corrected chi connectivity index (χ4v) is 2.79. The van der Waals surface area contributed by atoms with Gasteiger partial charge in [-0.1, -0.05) is 29.8 Å². The smallest absolute Gasteiger partial charge is 0.262 e. The van der Waals surface area contributed by atoms with Crippen molar-refractivity contribution in [3.8, 4) is 5.75 Å². The third-order valence-electron chi connectivity index (χ3n) is 2.79. The summed E-state index contributed by atoms with van der Waals surface area (Å²) in [4.78, 5) is 0.203. The Hall–Kier alpha value is -2.05. The Morgan fingerprint density at radius 1 is 1.05 bits per heavy atom. The molecule has 2 aromatic carbocycles. The molecular weight excluding hydrogens is 290 g/mol. The molecule has 6 heteroatoms. The average Bonchev–Trinajstić information content (AvgIpc) is 2.46. The van der Waals surface area contributed by atoms with E-state index < -0.39 is 10.0 Å². The predicted octanol–water partition coefficient (Wildman–Crippen LogP) is 2.78. The number of hydrogen-bond acceptors (Lipinski definition) is 4. The molecule has 0 aromatic heterocycles. The molecule has 0 aliphatic rings. The molecular formula is C15H17NO4S. The first kappa shape index (κ1) is 15.3. The van der Waals surface area contributed by atoms with Crippen LogP contribution in [0.25, 0.3) is 0 Å². The molecule has 0 bridgehead atoms. The van der Waals surface area contributed by atoms with Crippen molar-refractivity contribution in [2.45, 2.75) is 11.8 Å². The Bertz CT molecular complexity index is 696. The van der Waals surface area contributed by atoms with E-state index in [2.05, 4.69) is 4.72 Å². The van der Waals surface area contributed by atoms with Gasteiger partial charge in [-0.15, -0.1) is 0 Å². The maximum Gasteiger partial charge on any atom is 0.262 e. The minimum absolute atomic E-state index is 0.0449. The van der Waals surface area contributed by atoms with Gasteiger partial charge in [0.1, 0.15) is 5.75 Å². The minimum atomic E-state index is -3.65. The second-order valence-electron chi connectivity index (χ2n) is 4.47. The van der Waals surface area contributed by atoms with Crippen LogP contribution in [0.3, 0.4) is 0 Å². The Morgan fingerprint density at radius 2 is 1.71 bits per heavy atom. The summed E-state index contributed by atoms with van der Waals surface area (Å²) in [7, 11) is -2.15. The number of anilines is 1. The zero-order valence-electron chi connectivity index (χ0n) is 11.9. The van der Waals surface area contributed by atoms with Crippen LogP contribution in [0.4, 0.5) is 5.69 Å². The van der Waals surface area contributed by atoms with Gasteiger partial charge in [0, 0.05) is 7.11 Å². The quantitative estimate of drug-likeness (QED) is 0.833. The number of ether oxygens (including phenoxy) is 2. The lowest BCUT2D eigenvalue weighted by Crippen LogP contribution is -2.14. The number of aryl methyl sites for hydroxylation is 1. The normalized spacial score (nSPS) is 11.1. The van der Waals surface area contributed by atoms with Crippen LogP contribution in [0.5, 0.6) is 5.75 Å². The van der Waals surface area contributed by atoms with Crippen molar-refractivity contribution in [1.29, 1.82) is 0 Å². The molecule has 0 aliphatic heterocycles. The van der Waals surface area contributed by atoms with Gasteiger partial charge in [0.2, 0.25) is 0 Å². The fraction of sp³-hybridized carbons (Fsp3) is 0.200. The molecule has 2 rings (SSSR count). The fourth-order valence-electron chi connectivity index (χ4n) is 1.72. The van der Waals surface area contributed by atoms with Gasteiger partial charge in [0.25, 0.3) is 10.0 Å². The first-order valence-electron chi connectivity index (χ1n) is 6.33. The summed E-state index contributed by atoms with van der Waals surface area (Å²) in [6.45, 7) is 1.95. The van der Waals surface area contributed by atoms with E-state index in [-0.39, 0.29) is 11.7 Å². The standard InChI is InChI=1S/C15H17NO4S/c1-12-7-9-13(10-8-12)21(17,18)16-14-5-3-4-6-15(14)20-11-19-2/h3-10,16H,11H2,1-2H3. The minimum Gasteiger partial charge on any atom is -0.465 e. The molecule has 0 heterocycles. The lowest BCUT2D eigenvalue weighted by atomic mass is 10.2. The zero-order chi connectivity index (χ0) is 15.3. The first-order chi connectivity index (χ1) is 10.0. The van der Waals surface area contributed by atoms with Crippen molar-refractivity contribution < 1.29 is 17.9 Å². The van der Waals surface area contributed by atoms with E-state index in [1.54, 1.807) is 48.5 Å². The van der Waals surface area contributed by atoms with Crippen molar-refractivity contribution in [2.75, 3.05) is 18.6 Å². The molecule has 1 N–H and O–H groups in total. The molecule has 0 spiro atoms. The van der Waals surface area contributed by atoms with Crippen molar-refractivity contribution in [2.24, 2.45) is 0 Å². The van der Waals surface area contributed by atoms with Gasteiger partial charge in [-0.05, 0) is 31.2 Å². The molecule has 2 aromatic rings. The Kier molecular flexibility index (Phi) is 4.82. The van der Waals surface area contributed by atoms with Crippen LogP contribution in [0.15, 0.2) is 53.4 Å². The third kappa shape index (κ3) is 3.96. The molecule has 0 amide bonds. The lowest BCUT2D eigenvalue weighted by molar-refractivity contribution is 0.0516. The van der Waals surface area contributed by atoms with E-state index in [9.17, 15) is 8.42 Å². The summed E-state index contributed by atoms with van der Waals surface area (Å²) >= 11 is 0. The van der Waals surface area contributed by atoms with Gasteiger partial charge >= 0.3 is 0 Å². The number of benzene rings is 2. The second-order valence-corrected chi connectivity index (χ2v) is 6.15. The van der Waals surface area contributed by atoms with E-state index in [1.165, 1.54) is 7.11 Å². The van der Waals surface area contributed by atoms with Gasteiger partial charge < -0.3 is 9.47 Å². The van der Waals surface area contributed by atoms with Crippen molar-refractivity contribution in [3.63, 3.8) is 0 Å². The highest BCUT2D eigenvalue weighted by Crippen LogP contribution is 2.26. The number of hydrogen-bond donors (Lipinski definition) is 1. The van der Waals surface area contributed by atoms with Crippen LogP contribution in [-0.4, -0.2) is 22.3 Å². The van der Waals surface area contributed by atoms with E-state index in [0.717, 1.165) is 5.56 Å². The Balaban J connectivity index is 2.26. The van der Waals surface area contributed by atoms with Crippen LogP contribution in [-0.2, 0) is 14.8 Å². The SMILES string of the molecule is COCOc1ccccc1NS(=O)(=O)c1ccc(C)cc1. The molecule has 0 radical (unpaired) electrons. The molecule has 21 heavy (non-hydrogen) atoms. The topological polar surface area (TPSA) is 64.6 Å². The van der Waals surface area contributed by atoms with Crippen molar-refractivity contribution >= 4 is 15.7 Å². The van der Waals surface area contributed by atoms with E-state index in [0.29, 0.717) is 11.4 Å². The summed E-state index contributed by atoms with van der Waals surface area (Å²) in [6.07, 6.45) is 0. The first-order valence-corrected chi connectivity index (χ1v) is 7.81. The molecule has 0 atom stereocenters. The lowest BCUT2D eigenvalue weighted by Gasteiger charge is -2.13. The number of methoxy groups -OCH3 is 1. The van der Waals surface area contributed by atoms with Gasteiger partial charge in [0.05, 0.1) is 10.6 Å². The van der Waals surface area contributed by atoms with E-state index in [1.807, 2.05) is 6.92 Å². The van der Waals surface area contributed by atoms with E-state index >= 15 is 0 Å². The highest BCUT2D eigenvalue weighted by molar-refractivity contribution is 7.92. The van der Waals surface area contributed by atoms with Crippen molar-refractivity contribution in [1.82, 2.24) is 0 Å². The van der Waals surface area contributed by atoms with Crippen LogP contribution >= 0.6 is 0 Å². The number of nitrogens with one attached hydrogen (secondary N) is 1. The number of rotatable bonds is 6. The summed E-state index contributed by atoms with van der Waals surface area (Å²) in [5.74, 6) is 0.412. The molecule has 5 nitrogen and oxygen atoms in total. The predicted molar refractivity (Wildman–Crippen MR) is 80.9 cm³/mol. The largest absolute Gasteiger partial charge is 0.465 e. The summed E-state index contributed by atoms with van der Waals surface area (Å²) in [6, 6.07) is 13.4. The summed E-state index contributed by atoms with van der Waals surface area (Å²) in [5, 5.41) is 0. The van der Waals surface area contributed by atoms with Gasteiger partial charge in [-0.2, -0.15) is 0 Å². The Labute approximate surface area is 124 Å². The molecule has 0 unspecified atom stereocenters. The van der Waals surface area contributed by atoms with Gasteiger partial charge in [-0.3, -0.25) is 4.72 Å². The molecule has 0 fully saturated rings.